The van der Waals surface area contributed by atoms with E-state index in [1.54, 1.807) is 0 Å². The summed E-state index contributed by atoms with van der Waals surface area (Å²) in [5, 5.41) is 23.6. The minimum atomic E-state index is -0.777. The van der Waals surface area contributed by atoms with Gasteiger partial charge in [0.1, 0.15) is 6.10 Å². The summed E-state index contributed by atoms with van der Waals surface area (Å²) in [7, 11) is 0. The Balaban J connectivity index is 4.34. The molecule has 0 aromatic rings. The molecule has 1 amide bonds. The van der Waals surface area contributed by atoms with E-state index in [1.165, 1.54) is 199 Å². The van der Waals surface area contributed by atoms with E-state index in [9.17, 15) is 19.8 Å². The van der Waals surface area contributed by atoms with Crippen LogP contribution in [0.3, 0.4) is 0 Å². The summed E-state index contributed by atoms with van der Waals surface area (Å²) in [4.78, 5) is 26.0. The molecule has 0 spiro atoms. The molecule has 0 fully saturated rings. The van der Waals surface area contributed by atoms with Crippen molar-refractivity contribution in [2.75, 3.05) is 6.61 Å². The van der Waals surface area contributed by atoms with Gasteiger partial charge in [-0.05, 0) is 25.7 Å². The number of hydrogen-bond donors (Lipinski definition) is 3. The van der Waals surface area contributed by atoms with Crippen molar-refractivity contribution in [2.24, 2.45) is 0 Å². The number of aliphatic hydroxyl groups is 2. The molecule has 0 saturated carbocycles. The van der Waals surface area contributed by atoms with Crippen LogP contribution in [0, 0.1) is 0 Å². The van der Waals surface area contributed by atoms with Gasteiger partial charge >= 0.3 is 5.97 Å². The van der Waals surface area contributed by atoms with Crippen molar-refractivity contribution in [1.82, 2.24) is 5.32 Å². The maximum atomic E-state index is 13.1. The number of carbonyl (C=O) groups is 2. The van der Waals surface area contributed by atoms with Gasteiger partial charge in [0.15, 0.2) is 0 Å². The van der Waals surface area contributed by atoms with Gasteiger partial charge in [-0.15, -0.1) is 0 Å². The van der Waals surface area contributed by atoms with Crippen LogP contribution < -0.4 is 5.32 Å². The Morgan fingerprint density at radius 2 is 0.750 bits per heavy atom. The topological polar surface area (TPSA) is 95.9 Å². The van der Waals surface area contributed by atoms with Crippen LogP contribution in [0.25, 0.3) is 0 Å². The Bertz CT molecular complexity index is 806. The van der Waals surface area contributed by atoms with Crippen LogP contribution in [0.2, 0.25) is 0 Å². The molecule has 3 unspecified atom stereocenters. The molecular weight excluding hydrogens is 695 g/mol. The second-order valence-electron chi connectivity index (χ2n) is 17.6. The van der Waals surface area contributed by atoms with Crippen LogP contribution in [-0.4, -0.2) is 46.9 Å². The summed E-state index contributed by atoms with van der Waals surface area (Å²) in [5.41, 5.74) is 0. The quantitative estimate of drug-likeness (QED) is 0.0421. The molecule has 0 saturated heterocycles. The first kappa shape index (κ1) is 54.9. The average molecular weight is 794 g/mol. The summed E-state index contributed by atoms with van der Waals surface area (Å²) in [6, 6.07) is -0.690. The van der Waals surface area contributed by atoms with Gasteiger partial charge in [-0.25, -0.2) is 0 Å². The first-order valence-corrected chi connectivity index (χ1v) is 25.3. The van der Waals surface area contributed by atoms with Crippen LogP contribution in [-0.2, 0) is 14.3 Å². The fourth-order valence-electron chi connectivity index (χ4n) is 8.08. The third-order valence-corrected chi connectivity index (χ3v) is 11.9. The van der Waals surface area contributed by atoms with Gasteiger partial charge in [0.05, 0.1) is 25.2 Å². The van der Waals surface area contributed by atoms with Gasteiger partial charge in [-0.3, -0.25) is 9.59 Å². The number of hydrogen-bond acceptors (Lipinski definition) is 5. The third kappa shape index (κ3) is 39.7. The molecule has 3 atom stereocenters. The van der Waals surface area contributed by atoms with Crippen molar-refractivity contribution in [1.29, 1.82) is 0 Å². The standard InChI is InChI=1S/C50H99NO5/c1-4-7-10-13-16-19-21-22-23-24-25-26-27-29-31-34-37-40-43-50(55)56-46(41-38-35-32-18-15-12-9-6-3)44-49(54)51-47(45-52)48(53)42-39-36-33-30-28-20-17-14-11-8-5-2/h46-48,52-53H,4-45H2,1-3H3,(H,51,54). The maximum Gasteiger partial charge on any atom is 0.306 e. The normalized spacial score (nSPS) is 13.2. The van der Waals surface area contributed by atoms with Crippen molar-refractivity contribution >= 4 is 11.9 Å². The predicted molar refractivity (Wildman–Crippen MR) is 241 cm³/mol. The van der Waals surface area contributed by atoms with E-state index in [0.29, 0.717) is 19.3 Å². The lowest BCUT2D eigenvalue weighted by atomic mass is 10.0. The number of unbranched alkanes of at least 4 members (excludes halogenated alkanes) is 34. The van der Waals surface area contributed by atoms with E-state index < -0.39 is 18.2 Å². The zero-order valence-corrected chi connectivity index (χ0v) is 38.0. The predicted octanol–water partition coefficient (Wildman–Crippen LogP) is 14.8. The summed E-state index contributed by atoms with van der Waals surface area (Å²) in [6.07, 6.45) is 47.5. The molecule has 0 rings (SSSR count). The number of ether oxygens (including phenoxy) is 1. The van der Waals surface area contributed by atoms with Crippen molar-refractivity contribution in [3.8, 4) is 0 Å². The largest absolute Gasteiger partial charge is 0.462 e. The Labute approximate surface area is 349 Å². The van der Waals surface area contributed by atoms with Crippen LogP contribution in [0.1, 0.15) is 284 Å². The van der Waals surface area contributed by atoms with E-state index in [2.05, 4.69) is 26.1 Å². The Kier molecular flexibility index (Phi) is 44.0. The van der Waals surface area contributed by atoms with Crippen LogP contribution in [0.15, 0.2) is 0 Å². The Hall–Kier alpha value is -1.14. The Morgan fingerprint density at radius 3 is 1.09 bits per heavy atom. The van der Waals surface area contributed by atoms with Crippen molar-refractivity contribution in [3.05, 3.63) is 0 Å². The molecule has 3 N–H and O–H groups in total. The van der Waals surface area contributed by atoms with Gasteiger partial charge < -0.3 is 20.3 Å². The highest BCUT2D eigenvalue weighted by atomic mass is 16.5. The lowest BCUT2D eigenvalue weighted by molar-refractivity contribution is -0.151. The molecule has 0 radical (unpaired) electrons. The highest BCUT2D eigenvalue weighted by molar-refractivity contribution is 5.77. The van der Waals surface area contributed by atoms with E-state index in [0.717, 1.165) is 38.5 Å². The average Bonchev–Trinajstić information content (AvgIpc) is 3.19. The van der Waals surface area contributed by atoms with Gasteiger partial charge in [-0.2, -0.15) is 0 Å². The number of esters is 1. The van der Waals surface area contributed by atoms with Crippen molar-refractivity contribution in [2.45, 2.75) is 302 Å². The summed E-state index contributed by atoms with van der Waals surface area (Å²) in [5.74, 6) is -0.457. The maximum absolute atomic E-state index is 13.1. The second-order valence-corrected chi connectivity index (χ2v) is 17.6. The molecule has 0 aromatic carbocycles. The van der Waals surface area contributed by atoms with Crippen LogP contribution >= 0.6 is 0 Å². The molecule has 0 bridgehead atoms. The summed E-state index contributed by atoms with van der Waals surface area (Å²) in [6.45, 7) is 6.48. The van der Waals surface area contributed by atoms with Gasteiger partial charge in [0, 0.05) is 6.42 Å². The fraction of sp³-hybridized carbons (Fsp3) is 0.960. The lowest BCUT2D eigenvalue weighted by Gasteiger charge is -2.24. The van der Waals surface area contributed by atoms with Crippen LogP contribution in [0.5, 0.6) is 0 Å². The monoisotopic (exact) mass is 794 g/mol. The third-order valence-electron chi connectivity index (χ3n) is 11.9. The molecule has 56 heavy (non-hydrogen) atoms. The first-order chi connectivity index (χ1) is 27.5. The smallest absolute Gasteiger partial charge is 0.306 e. The second kappa shape index (κ2) is 45.0. The molecular formula is C50H99NO5. The van der Waals surface area contributed by atoms with Gasteiger partial charge in [0.2, 0.25) is 5.91 Å². The van der Waals surface area contributed by atoms with E-state index in [4.69, 9.17) is 4.74 Å². The number of amides is 1. The number of rotatable bonds is 46. The molecule has 0 aliphatic carbocycles. The van der Waals surface area contributed by atoms with E-state index in [1.807, 2.05) is 0 Å². The molecule has 0 aliphatic heterocycles. The van der Waals surface area contributed by atoms with E-state index >= 15 is 0 Å². The first-order valence-electron chi connectivity index (χ1n) is 25.3. The summed E-state index contributed by atoms with van der Waals surface area (Å²) < 4.78 is 5.91. The number of aliphatic hydroxyl groups excluding tert-OH is 2. The molecule has 6 heteroatoms. The summed E-state index contributed by atoms with van der Waals surface area (Å²) >= 11 is 0. The fourth-order valence-corrected chi connectivity index (χ4v) is 8.08. The number of nitrogens with one attached hydrogen (secondary N) is 1. The Morgan fingerprint density at radius 1 is 0.446 bits per heavy atom. The van der Waals surface area contributed by atoms with Crippen molar-refractivity contribution in [3.63, 3.8) is 0 Å². The SMILES string of the molecule is CCCCCCCCCCCCCCCCCCCCC(=O)OC(CCCCCCCCCC)CC(=O)NC(CO)C(O)CCCCCCCCCCCCC. The molecule has 334 valence electrons. The highest BCUT2D eigenvalue weighted by Crippen LogP contribution is 2.18. The minimum absolute atomic E-state index is 0.0863. The molecule has 6 nitrogen and oxygen atoms in total. The van der Waals surface area contributed by atoms with Crippen molar-refractivity contribution < 1.29 is 24.5 Å². The zero-order valence-electron chi connectivity index (χ0n) is 38.0. The molecule has 0 heterocycles. The highest BCUT2D eigenvalue weighted by Gasteiger charge is 2.24. The van der Waals surface area contributed by atoms with Gasteiger partial charge in [-0.1, -0.05) is 245 Å². The molecule has 0 aromatic heterocycles. The minimum Gasteiger partial charge on any atom is -0.462 e. The van der Waals surface area contributed by atoms with E-state index in [-0.39, 0.29) is 24.9 Å². The zero-order chi connectivity index (χ0) is 41.0. The van der Waals surface area contributed by atoms with Gasteiger partial charge in [0.25, 0.3) is 0 Å². The lowest BCUT2D eigenvalue weighted by Crippen LogP contribution is -2.46. The number of carbonyl (C=O) groups excluding carboxylic acids is 2. The molecule has 0 aliphatic rings. The van der Waals surface area contributed by atoms with Crippen LogP contribution in [0.4, 0.5) is 0 Å².